The maximum Gasteiger partial charge on any atom is 0.298 e. The van der Waals surface area contributed by atoms with Gasteiger partial charge in [-0.2, -0.15) is 8.78 Å². The Morgan fingerprint density at radius 1 is 1.00 bits per heavy atom. The van der Waals surface area contributed by atoms with Gasteiger partial charge in [0, 0.05) is 29.1 Å². The summed E-state index contributed by atoms with van der Waals surface area (Å²) in [5.41, 5.74) is 7.56. The highest BCUT2D eigenvalue weighted by Gasteiger charge is 2.51. The number of hydrogen-bond acceptors (Lipinski definition) is 4. The summed E-state index contributed by atoms with van der Waals surface area (Å²) in [4.78, 5) is 9.33. The topological polar surface area (TPSA) is 65.4 Å². The molecule has 2 bridgehead atoms. The second kappa shape index (κ2) is 8.06. The highest BCUT2D eigenvalue weighted by molar-refractivity contribution is 5.85. The number of rotatable bonds is 5. The molecular formula is C28H27F3N4O. The molecule has 4 aromatic rings. The molecule has 2 aromatic heterocycles. The number of alkyl halides is 2. The molecule has 4 heterocycles. The van der Waals surface area contributed by atoms with E-state index in [1.165, 1.54) is 12.1 Å². The number of hydrogen-bond donors (Lipinski definition) is 1. The third kappa shape index (κ3) is 3.42. The summed E-state index contributed by atoms with van der Waals surface area (Å²) in [6, 6.07) is 10.3. The van der Waals surface area contributed by atoms with Crippen molar-refractivity contribution in [2.75, 3.05) is 12.3 Å². The molecule has 186 valence electrons. The van der Waals surface area contributed by atoms with E-state index in [1.807, 2.05) is 10.6 Å². The van der Waals surface area contributed by atoms with Crippen molar-refractivity contribution in [2.24, 2.45) is 0 Å². The van der Waals surface area contributed by atoms with Crippen LogP contribution in [0.1, 0.15) is 56.0 Å². The Hall–Kier alpha value is -3.39. The Morgan fingerprint density at radius 3 is 2.22 bits per heavy atom. The van der Waals surface area contributed by atoms with Gasteiger partial charge in [-0.15, -0.1) is 0 Å². The molecule has 2 N–H and O–H groups in total. The molecular weight excluding hydrogens is 465 g/mol. The van der Waals surface area contributed by atoms with E-state index in [-0.39, 0.29) is 22.1 Å². The highest BCUT2D eigenvalue weighted by Crippen LogP contribution is 2.52. The van der Waals surface area contributed by atoms with Gasteiger partial charge in [-0.25, -0.2) is 14.4 Å². The SMILES string of the molecule is CCC12CCC(c3nc(-c4ccc(C(F)(F)c5ccc(F)cc5)cc4)c4c(N)nccn34)(CC1)CO2. The van der Waals surface area contributed by atoms with Crippen LogP contribution in [0.2, 0.25) is 0 Å². The van der Waals surface area contributed by atoms with Gasteiger partial charge < -0.3 is 10.5 Å². The Bertz CT molecular complexity index is 1410. The number of aromatic nitrogens is 3. The number of ether oxygens (including phenoxy) is 1. The van der Waals surface area contributed by atoms with Crippen LogP contribution in [-0.4, -0.2) is 26.6 Å². The van der Waals surface area contributed by atoms with E-state index >= 15 is 8.78 Å². The highest BCUT2D eigenvalue weighted by atomic mass is 19.3. The van der Waals surface area contributed by atoms with Crippen LogP contribution in [0, 0.1) is 5.82 Å². The molecule has 2 aliphatic heterocycles. The minimum Gasteiger partial charge on any atom is -0.382 e. The number of halogens is 3. The van der Waals surface area contributed by atoms with Gasteiger partial charge in [-0.05, 0) is 56.4 Å². The molecule has 0 radical (unpaired) electrons. The van der Waals surface area contributed by atoms with Gasteiger partial charge in [0.1, 0.15) is 28.7 Å². The first-order valence-electron chi connectivity index (χ1n) is 12.3. The van der Waals surface area contributed by atoms with Gasteiger partial charge in [0.05, 0.1) is 17.6 Å². The van der Waals surface area contributed by atoms with E-state index in [9.17, 15) is 4.39 Å². The van der Waals surface area contributed by atoms with Crippen molar-refractivity contribution in [3.63, 3.8) is 0 Å². The van der Waals surface area contributed by atoms with Gasteiger partial charge in [-0.3, -0.25) is 4.40 Å². The van der Waals surface area contributed by atoms with E-state index in [1.54, 1.807) is 18.3 Å². The lowest BCUT2D eigenvalue weighted by Crippen LogP contribution is -2.53. The molecule has 36 heavy (non-hydrogen) atoms. The predicted molar refractivity (Wildman–Crippen MR) is 131 cm³/mol. The standard InChI is InChI=1S/C28H27F3N4O/c1-2-27-13-11-26(12-14-27,17-36-27)25-34-22(23-24(32)33-15-16-35(23)25)18-3-5-19(6-4-18)28(30,31)20-7-9-21(29)10-8-20/h3-10,15-16H,2,11-14,17H2,1H3,(H2,32,33). The second-order valence-electron chi connectivity index (χ2n) is 10.1. The molecule has 2 aromatic carbocycles. The molecule has 7 rings (SSSR count). The average Bonchev–Trinajstić information content (AvgIpc) is 3.32. The monoisotopic (exact) mass is 492 g/mol. The Labute approximate surface area is 207 Å². The van der Waals surface area contributed by atoms with Crippen LogP contribution >= 0.6 is 0 Å². The van der Waals surface area contributed by atoms with Crippen LogP contribution in [0.25, 0.3) is 16.8 Å². The van der Waals surface area contributed by atoms with Gasteiger partial charge in [0.2, 0.25) is 0 Å². The zero-order chi connectivity index (χ0) is 25.1. The van der Waals surface area contributed by atoms with Crippen molar-refractivity contribution >= 4 is 11.3 Å². The molecule has 0 unspecified atom stereocenters. The van der Waals surface area contributed by atoms with Crippen LogP contribution in [0.3, 0.4) is 0 Å². The fourth-order valence-electron chi connectivity index (χ4n) is 5.81. The summed E-state index contributed by atoms with van der Waals surface area (Å²) < 4.78 is 51.8. The number of nitrogen functional groups attached to an aromatic ring is 1. The molecule has 1 aliphatic carbocycles. The van der Waals surface area contributed by atoms with Crippen molar-refractivity contribution in [3.05, 3.63) is 83.7 Å². The predicted octanol–water partition coefficient (Wildman–Crippen LogP) is 6.25. The number of nitrogens with two attached hydrogens (primary N) is 1. The normalized spacial score (nSPS) is 23.9. The first-order valence-corrected chi connectivity index (χ1v) is 12.3. The summed E-state index contributed by atoms with van der Waals surface area (Å²) in [6.45, 7) is 2.78. The Balaban J connectivity index is 1.41. The van der Waals surface area contributed by atoms with E-state index < -0.39 is 11.7 Å². The maximum atomic E-state index is 15.1. The minimum atomic E-state index is -3.26. The maximum absolute atomic E-state index is 15.1. The van der Waals surface area contributed by atoms with Crippen LogP contribution < -0.4 is 5.73 Å². The minimum absolute atomic E-state index is 0.0240. The summed E-state index contributed by atoms with van der Waals surface area (Å²) >= 11 is 0. The van der Waals surface area contributed by atoms with Crippen molar-refractivity contribution in [3.8, 4) is 11.3 Å². The smallest absolute Gasteiger partial charge is 0.298 e. The zero-order valence-corrected chi connectivity index (χ0v) is 20.0. The van der Waals surface area contributed by atoms with E-state index in [4.69, 9.17) is 15.5 Å². The fraction of sp³-hybridized carbons (Fsp3) is 0.357. The molecule has 2 saturated heterocycles. The van der Waals surface area contributed by atoms with E-state index in [0.29, 0.717) is 29.2 Å². The lowest BCUT2D eigenvalue weighted by molar-refractivity contribution is -0.160. The molecule has 8 heteroatoms. The van der Waals surface area contributed by atoms with E-state index in [0.717, 1.165) is 62.2 Å². The lowest BCUT2D eigenvalue weighted by atomic mass is 9.65. The third-order valence-electron chi connectivity index (χ3n) is 8.20. The molecule has 3 aliphatic rings. The van der Waals surface area contributed by atoms with Crippen molar-refractivity contribution in [1.82, 2.24) is 14.4 Å². The molecule has 3 fully saturated rings. The van der Waals surface area contributed by atoms with Crippen molar-refractivity contribution < 1.29 is 17.9 Å². The first-order chi connectivity index (χ1) is 17.3. The van der Waals surface area contributed by atoms with Gasteiger partial charge in [-0.1, -0.05) is 31.2 Å². The molecule has 0 amide bonds. The number of nitrogens with zero attached hydrogens (tertiary/aromatic N) is 3. The summed E-state index contributed by atoms with van der Waals surface area (Å²) in [6.07, 6.45) is 8.45. The summed E-state index contributed by atoms with van der Waals surface area (Å²) in [5.74, 6) is -2.61. The van der Waals surface area contributed by atoms with Gasteiger partial charge in [0.15, 0.2) is 0 Å². The average molecular weight is 493 g/mol. The van der Waals surface area contributed by atoms with Crippen molar-refractivity contribution in [2.45, 2.75) is 56.0 Å². The van der Waals surface area contributed by atoms with Crippen LogP contribution in [-0.2, 0) is 16.1 Å². The first kappa shape index (κ1) is 23.0. The largest absolute Gasteiger partial charge is 0.382 e. The molecule has 1 saturated carbocycles. The summed E-state index contributed by atoms with van der Waals surface area (Å²) in [5, 5.41) is 0. The second-order valence-corrected chi connectivity index (χ2v) is 10.1. The third-order valence-corrected chi connectivity index (χ3v) is 8.20. The molecule has 0 spiro atoms. The van der Waals surface area contributed by atoms with Crippen LogP contribution in [0.15, 0.2) is 60.9 Å². The van der Waals surface area contributed by atoms with Crippen LogP contribution in [0.4, 0.5) is 19.0 Å². The van der Waals surface area contributed by atoms with Gasteiger partial charge >= 0.3 is 0 Å². The molecule has 5 nitrogen and oxygen atoms in total. The quantitative estimate of drug-likeness (QED) is 0.358. The Morgan fingerprint density at radius 2 is 1.64 bits per heavy atom. The zero-order valence-electron chi connectivity index (χ0n) is 20.0. The van der Waals surface area contributed by atoms with Gasteiger partial charge in [0.25, 0.3) is 5.92 Å². The lowest BCUT2D eigenvalue weighted by Gasteiger charge is -2.52. The van der Waals surface area contributed by atoms with E-state index in [2.05, 4.69) is 11.9 Å². The van der Waals surface area contributed by atoms with Crippen molar-refractivity contribution in [1.29, 1.82) is 0 Å². The number of fused-ring (bicyclic) bond motifs is 4. The number of anilines is 1. The Kier molecular flexibility index (Phi) is 5.16. The molecule has 0 atom stereocenters. The number of benzene rings is 2. The van der Waals surface area contributed by atoms with Crippen LogP contribution in [0.5, 0.6) is 0 Å². The summed E-state index contributed by atoms with van der Waals surface area (Å²) in [7, 11) is 0. The number of imidazole rings is 1. The fourth-order valence-corrected chi connectivity index (χ4v) is 5.81.